The van der Waals surface area contributed by atoms with E-state index in [1.807, 2.05) is 48.5 Å². The zero-order valence-electron chi connectivity index (χ0n) is 18.5. The van der Waals surface area contributed by atoms with Crippen LogP contribution in [-0.4, -0.2) is 5.97 Å². The average Bonchev–Trinajstić information content (AvgIpc) is 2.79. The third-order valence-corrected chi connectivity index (χ3v) is 5.96. The van der Waals surface area contributed by atoms with Crippen molar-refractivity contribution < 1.29 is 9.53 Å². The highest BCUT2D eigenvalue weighted by molar-refractivity contribution is 6.08. The molecule has 2 nitrogen and oxygen atoms in total. The van der Waals surface area contributed by atoms with Gasteiger partial charge in [0.25, 0.3) is 0 Å². The normalized spacial score (nSPS) is 11.1. The quantitative estimate of drug-likeness (QED) is 0.221. The van der Waals surface area contributed by atoms with Crippen molar-refractivity contribution in [3.05, 3.63) is 113 Å². The second-order valence-electron chi connectivity index (χ2n) is 8.47. The summed E-state index contributed by atoms with van der Waals surface area (Å²) in [7, 11) is 0. The summed E-state index contributed by atoms with van der Waals surface area (Å²) >= 11 is 0. The van der Waals surface area contributed by atoms with Crippen LogP contribution in [0.5, 0.6) is 5.75 Å². The first kappa shape index (κ1) is 20.0. The Morgan fingerprint density at radius 3 is 2.16 bits per heavy atom. The molecule has 5 aromatic rings. The molecule has 0 aromatic heterocycles. The maximum absolute atomic E-state index is 13.4. The number of hydrogen-bond donors (Lipinski definition) is 0. The summed E-state index contributed by atoms with van der Waals surface area (Å²) in [6.07, 6.45) is 0. The zero-order chi connectivity index (χ0) is 22.2. The van der Waals surface area contributed by atoms with Gasteiger partial charge < -0.3 is 4.74 Å². The minimum Gasteiger partial charge on any atom is -0.423 e. The number of aryl methyl sites for hydroxylation is 3. The van der Waals surface area contributed by atoms with Crippen LogP contribution >= 0.6 is 0 Å². The molecule has 32 heavy (non-hydrogen) atoms. The summed E-state index contributed by atoms with van der Waals surface area (Å²) in [5.41, 5.74) is 6.15. The van der Waals surface area contributed by atoms with Crippen LogP contribution in [0.1, 0.15) is 27.0 Å². The number of benzene rings is 5. The average molecular weight is 417 g/mol. The summed E-state index contributed by atoms with van der Waals surface area (Å²) in [5, 5.41) is 4.15. The Bertz CT molecular complexity index is 1480. The highest BCUT2D eigenvalue weighted by Crippen LogP contribution is 2.32. The first-order valence-corrected chi connectivity index (χ1v) is 10.8. The van der Waals surface area contributed by atoms with Gasteiger partial charge in [0.05, 0.1) is 5.56 Å². The molecule has 0 saturated heterocycles. The van der Waals surface area contributed by atoms with Gasteiger partial charge in [-0.25, -0.2) is 4.79 Å². The molecule has 0 heterocycles. The first-order valence-electron chi connectivity index (χ1n) is 10.8. The summed E-state index contributed by atoms with van der Waals surface area (Å²) in [6, 6.07) is 30.5. The van der Waals surface area contributed by atoms with Gasteiger partial charge in [-0.2, -0.15) is 0 Å². The lowest BCUT2D eigenvalue weighted by Crippen LogP contribution is -2.10. The maximum atomic E-state index is 13.4. The van der Waals surface area contributed by atoms with Gasteiger partial charge in [0.15, 0.2) is 0 Å². The van der Waals surface area contributed by atoms with Crippen molar-refractivity contribution in [1.82, 2.24) is 0 Å². The summed E-state index contributed by atoms with van der Waals surface area (Å²) in [6.45, 7) is 6.22. The van der Waals surface area contributed by atoms with Crippen LogP contribution in [0.3, 0.4) is 0 Å². The lowest BCUT2D eigenvalue weighted by atomic mass is 9.93. The minimum atomic E-state index is -0.343. The molecular formula is C30H24O2. The first-order chi connectivity index (χ1) is 15.5. The molecule has 0 aliphatic heterocycles. The molecule has 5 aromatic carbocycles. The molecule has 0 aliphatic rings. The zero-order valence-corrected chi connectivity index (χ0v) is 18.5. The van der Waals surface area contributed by atoms with Gasteiger partial charge in [-0.15, -0.1) is 0 Å². The van der Waals surface area contributed by atoms with E-state index in [1.54, 1.807) is 0 Å². The lowest BCUT2D eigenvalue weighted by Gasteiger charge is -2.14. The fraction of sp³-hybridized carbons (Fsp3) is 0.100. The fourth-order valence-electron chi connectivity index (χ4n) is 4.30. The number of ether oxygens (including phenoxy) is 1. The minimum absolute atomic E-state index is 0.343. The molecule has 0 saturated carbocycles. The van der Waals surface area contributed by atoms with E-state index in [0.29, 0.717) is 11.3 Å². The van der Waals surface area contributed by atoms with E-state index in [-0.39, 0.29) is 5.97 Å². The Balaban J connectivity index is 1.63. The Hall–Kier alpha value is -3.91. The van der Waals surface area contributed by atoms with Crippen LogP contribution in [0.2, 0.25) is 0 Å². The molecule has 5 rings (SSSR count). The van der Waals surface area contributed by atoms with Crippen LogP contribution in [0, 0.1) is 20.8 Å². The molecule has 2 heteroatoms. The third kappa shape index (κ3) is 3.76. The van der Waals surface area contributed by atoms with Gasteiger partial charge in [-0.1, -0.05) is 77.9 Å². The van der Waals surface area contributed by atoms with Crippen molar-refractivity contribution >= 4 is 27.5 Å². The van der Waals surface area contributed by atoms with Gasteiger partial charge in [-0.05, 0) is 83.3 Å². The van der Waals surface area contributed by atoms with E-state index in [1.165, 1.54) is 5.56 Å². The van der Waals surface area contributed by atoms with Crippen molar-refractivity contribution in [3.63, 3.8) is 0 Å². The number of esters is 1. The van der Waals surface area contributed by atoms with E-state index in [9.17, 15) is 4.79 Å². The van der Waals surface area contributed by atoms with E-state index >= 15 is 0 Å². The van der Waals surface area contributed by atoms with Gasteiger partial charge in [0.2, 0.25) is 0 Å². The molecule has 0 bridgehead atoms. The molecule has 0 atom stereocenters. The van der Waals surface area contributed by atoms with Crippen LogP contribution in [0.25, 0.3) is 32.7 Å². The second kappa shape index (κ2) is 7.97. The molecule has 0 radical (unpaired) electrons. The van der Waals surface area contributed by atoms with Gasteiger partial charge in [0, 0.05) is 0 Å². The highest BCUT2D eigenvalue weighted by atomic mass is 16.5. The molecule has 0 fully saturated rings. The van der Waals surface area contributed by atoms with Crippen molar-refractivity contribution in [2.75, 3.05) is 0 Å². The fourth-order valence-corrected chi connectivity index (χ4v) is 4.30. The molecule has 0 amide bonds. The Kier molecular flexibility index (Phi) is 4.99. The molecular weight excluding hydrogens is 392 g/mol. The van der Waals surface area contributed by atoms with Crippen LogP contribution < -0.4 is 4.74 Å². The topological polar surface area (TPSA) is 26.3 Å². The monoisotopic (exact) mass is 416 g/mol. The van der Waals surface area contributed by atoms with Crippen molar-refractivity contribution in [1.29, 1.82) is 0 Å². The third-order valence-electron chi connectivity index (χ3n) is 5.96. The molecule has 0 N–H and O–H groups in total. The predicted molar refractivity (Wildman–Crippen MR) is 133 cm³/mol. The van der Waals surface area contributed by atoms with E-state index in [4.69, 9.17) is 4.74 Å². The Morgan fingerprint density at radius 1 is 0.625 bits per heavy atom. The number of hydrogen-bond acceptors (Lipinski definition) is 2. The van der Waals surface area contributed by atoms with Crippen LogP contribution in [-0.2, 0) is 0 Å². The summed E-state index contributed by atoms with van der Waals surface area (Å²) < 4.78 is 5.87. The van der Waals surface area contributed by atoms with Gasteiger partial charge >= 0.3 is 5.97 Å². The number of fused-ring (bicyclic) bond motifs is 2. The molecule has 0 aliphatic carbocycles. The number of carbonyl (C=O) groups excluding carboxylic acids is 1. The maximum Gasteiger partial charge on any atom is 0.344 e. The lowest BCUT2D eigenvalue weighted by molar-refractivity contribution is 0.0737. The van der Waals surface area contributed by atoms with E-state index in [2.05, 4.69) is 63.2 Å². The summed E-state index contributed by atoms with van der Waals surface area (Å²) in [5.74, 6) is 0.205. The Labute approximate surface area is 188 Å². The van der Waals surface area contributed by atoms with Crippen molar-refractivity contribution in [2.45, 2.75) is 20.8 Å². The predicted octanol–water partition coefficient (Wildman–Crippen LogP) is 7.80. The van der Waals surface area contributed by atoms with Gasteiger partial charge in [-0.3, -0.25) is 0 Å². The largest absolute Gasteiger partial charge is 0.423 e. The molecule has 156 valence electrons. The Morgan fingerprint density at radius 2 is 1.38 bits per heavy atom. The SMILES string of the molecule is Cc1ccc(-c2cc(C(=O)Oc3ccc4ccccc4c3)c3cc(C)cc(C)c3c2)cc1. The van der Waals surface area contributed by atoms with Crippen molar-refractivity contribution in [2.24, 2.45) is 0 Å². The smallest absolute Gasteiger partial charge is 0.344 e. The van der Waals surface area contributed by atoms with Crippen LogP contribution in [0.15, 0.2) is 91.0 Å². The van der Waals surface area contributed by atoms with E-state index < -0.39 is 0 Å². The number of carbonyl (C=O) groups is 1. The standard InChI is InChI=1S/C30H24O2/c1-19-8-10-23(11-9-19)25-17-27-21(3)14-20(2)15-28(27)29(18-25)30(31)32-26-13-12-22-6-4-5-7-24(22)16-26/h4-18H,1-3H3. The highest BCUT2D eigenvalue weighted by Gasteiger charge is 2.17. The molecule has 0 unspecified atom stereocenters. The van der Waals surface area contributed by atoms with Gasteiger partial charge in [0.1, 0.15) is 5.75 Å². The van der Waals surface area contributed by atoms with Crippen molar-refractivity contribution in [3.8, 4) is 16.9 Å². The number of rotatable bonds is 3. The van der Waals surface area contributed by atoms with E-state index in [0.717, 1.165) is 43.8 Å². The van der Waals surface area contributed by atoms with Crippen LogP contribution in [0.4, 0.5) is 0 Å². The summed E-state index contributed by atoms with van der Waals surface area (Å²) in [4.78, 5) is 13.4. The molecule has 0 spiro atoms. The second-order valence-corrected chi connectivity index (χ2v) is 8.47.